The van der Waals surface area contributed by atoms with Crippen LogP contribution >= 0.6 is 0 Å². The third-order valence-corrected chi connectivity index (χ3v) is 9.02. The number of halogens is 3. The maximum absolute atomic E-state index is 14.1. The molecule has 232 valence electrons. The van der Waals surface area contributed by atoms with E-state index in [2.05, 4.69) is 21.3 Å². The number of aromatic nitrogens is 1. The number of nitrogens with zero attached hydrogens (tertiary/aromatic N) is 5. The summed E-state index contributed by atoms with van der Waals surface area (Å²) < 4.78 is 66.4. The van der Waals surface area contributed by atoms with E-state index in [9.17, 15) is 31.6 Å². The van der Waals surface area contributed by atoms with E-state index in [1.165, 1.54) is 25.4 Å². The zero-order valence-electron chi connectivity index (χ0n) is 24.0. The van der Waals surface area contributed by atoms with Crippen molar-refractivity contribution in [3.8, 4) is 6.07 Å². The number of pyridine rings is 1. The summed E-state index contributed by atoms with van der Waals surface area (Å²) in [5.74, 6) is -0.400. The van der Waals surface area contributed by atoms with E-state index >= 15 is 0 Å². The lowest BCUT2D eigenvalue weighted by molar-refractivity contribution is -0.137. The van der Waals surface area contributed by atoms with Crippen LogP contribution in [0.2, 0.25) is 0 Å². The summed E-state index contributed by atoms with van der Waals surface area (Å²) in [6, 6.07) is 13.0. The summed E-state index contributed by atoms with van der Waals surface area (Å²) >= 11 is 0. The Morgan fingerprint density at radius 3 is 2.32 bits per heavy atom. The molecule has 10 nitrogen and oxygen atoms in total. The number of anilines is 3. The molecule has 2 aliphatic heterocycles. The summed E-state index contributed by atoms with van der Waals surface area (Å²) in [7, 11) is -4.01. The van der Waals surface area contributed by atoms with Crippen molar-refractivity contribution < 1.29 is 26.4 Å². The van der Waals surface area contributed by atoms with Crippen molar-refractivity contribution >= 4 is 33.0 Å². The van der Waals surface area contributed by atoms with Gasteiger partial charge in [0, 0.05) is 69.0 Å². The highest BCUT2D eigenvalue weighted by Crippen LogP contribution is 2.38. The molecule has 0 unspecified atom stereocenters. The number of nitrogens with two attached hydrogens (primary N) is 1. The Bertz CT molecular complexity index is 1690. The number of alkyl halides is 3. The van der Waals surface area contributed by atoms with Crippen LogP contribution in [-0.2, 0) is 16.2 Å². The molecular formula is C30H32F3N7O3S. The Hall–Kier alpha value is -4.35. The first-order chi connectivity index (χ1) is 20.9. The monoisotopic (exact) mass is 627 g/mol. The molecular weight excluding hydrogens is 595 g/mol. The molecule has 3 N–H and O–H groups in total. The van der Waals surface area contributed by atoms with E-state index < -0.39 is 27.7 Å². The molecule has 0 bridgehead atoms. The number of carbonyl (C=O) groups excluding carboxylic acids is 1. The number of amides is 1. The Morgan fingerprint density at radius 2 is 1.68 bits per heavy atom. The molecule has 2 aliphatic rings. The Labute approximate surface area is 253 Å². The van der Waals surface area contributed by atoms with E-state index in [0.29, 0.717) is 50.3 Å². The summed E-state index contributed by atoms with van der Waals surface area (Å²) in [5.41, 5.74) is 1.14. The van der Waals surface area contributed by atoms with Gasteiger partial charge in [0.05, 0.1) is 22.5 Å². The molecule has 0 aliphatic carbocycles. The van der Waals surface area contributed by atoms with Gasteiger partial charge in [0.1, 0.15) is 11.0 Å². The number of benzene rings is 2. The van der Waals surface area contributed by atoms with Crippen LogP contribution in [0.1, 0.15) is 39.9 Å². The van der Waals surface area contributed by atoms with Crippen molar-refractivity contribution in [2.75, 3.05) is 54.4 Å². The smallest absolute Gasteiger partial charge is 0.382 e. The minimum absolute atomic E-state index is 0.116. The zero-order chi connectivity index (χ0) is 31.6. The SMILES string of the molecule is Cc1cc(C(F)(F)F)c(NC2CCN(c3ccccc3C#N)CC2)cc1C(=O)N1CCN(c2ccncc2S(N)(=O)=O)CC1. The first-order valence-corrected chi connectivity index (χ1v) is 15.6. The quantitative estimate of drug-likeness (QED) is 0.419. The number of piperidine rings is 1. The van der Waals surface area contributed by atoms with Crippen LogP contribution in [-0.4, -0.2) is 69.5 Å². The normalized spacial score (nSPS) is 16.5. The second-order valence-corrected chi connectivity index (χ2v) is 12.4. The first kappa shape index (κ1) is 31.1. The van der Waals surface area contributed by atoms with Crippen molar-refractivity contribution in [1.29, 1.82) is 5.26 Å². The van der Waals surface area contributed by atoms with Gasteiger partial charge in [0.2, 0.25) is 10.0 Å². The number of rotatable bonds is 6. The van der Waals surface area contributed by atoms with Crippen LogP contribution in [0.4, 0.5) is 30.2 Å². The summed E-state index contributed by atoms with van der Waals surface area (Å²) in [6.45, 7) is 3.68. The molecule has 3 heterocycles. The molecule has 2 aromatic carbocycles. The minimum atomic E-state index is -4.63. The Kier molecular flexibility index (Phi) is 8.71. The Morgan fingerprint density at radius 1 is 1.02 bits per heavy atom. The maximum atomic E-state index is 14.1. The summed E-state index contributed by atoms with van der Waals surface area (Å²) in [6.07, 6.45) is -0.899. The number of nitriles is 1. The molecule has 0 spiro atoms. The molecule has 0 radical (unpaired) electrons. The van der Waals surface area contributed by atoms with E-state index in [1.54, 1.807) is 28.0 Å². The highest BCUT2D eigenvalue weighted by atomic mass is 32.2. The van der Waals surface area contributed by atoms with Gasteiger partial charge in [-0.05, 0) is 55.7 Å². The van der Waals surface area contributed by atoms with Crippen LogP contribution in [0, 0.1) is 18.3 Å². The third kappa shape index (κ3) is 6.58. The fourth-order valence-corrected chi connectivity index (χ4v) is 6.49. The van der Waals surface area contributed by atoms with Crippen LogP contribution < -0.4 is 20.3 Å². The van der Waals surface area contributed by atoms with Crippen molar-refractivity contribution in [1.82, 2.24) is 9.88 Å². The number of piperazine rings is 1. The van der Waals surface area contributed by atoms with Crippen LogP contribution in [0.15, 0.2) is 59.8 Å². The number of para-hydroxylation sites is 1. The largest absolute Gasteiger partial charge is 0.418 e. The maximum Gasteiger partial charge on any atom is 0.418 e. The lowest BCUT2D eigenvalue weighted by Crippen LogP contribution is -2.49. The van der Waals surface area contributed by atoms with Crippen molar-refractivity contribution in [2.45, 2.75) is 36.9 Å². The number of primary sulfonamides is 1. The van der Waals surface area contributed by atoms with Gasteiger partial charge >= 0.3 is 6.18 Å². The molecule has 44 heavy (non-hydrogen) atoms. The molecule has 1 amide bonds. The fourth-order valence-electron chi connectivity index (χ4n) is 5.79. The number of carbonyl (C=O) groups is 1. The van der Waals surface area contributed by atoms with Gasteiger partial charge in [0.25, 0.3) is 5.91 Å². The first-order valence-electron chi connectivity index (χ1n) is 14.1. The van der Waals surface area contributed by atoms with Gasteiger partial charge in [0.15, 0.2) is 0 Å². The van der Waals surface area contributed by atoms with E-state index in [4.69, 9.17) is 5.14 Å². The molecule has 0 saturated carbocycles. The summed E-state index contributed by atoms with van der Waals surface area (Å²) in [5, 5.41) is 17.8. The lowest BCUT2D eigenvalue weighted by atomic mass is 9.98. The van der Waals surface area contributed by atoms with Crippen molar-refractivity contribution in [2.24, 2.45) is 5.14 Å². The van der Waals surface area contributed by atoms with Crippen LogP contribution in [0.25, 0.3) is 0 Å². The average molecular weight is 628 g/mol. The molecule has 2 saturated heterocycles. The van der Waals surface area contributed by atoms with Crippen molar-refractivity contribution in [3.63, 3.8) is 0 Å². The number of nitrogens with one attached hydrogen (secondary N) is 1. The minimum Gasteiger partial charge on any atom is -0.382 e. The van der Waals surface area contributed by atoms with Crippen LogP contribution in [0.3, 0.4) is 0 Å². The van der Waals surface area contributed by atoms with Gasteiger partial charge in [-0.15, -0.1) is 0 Å². The Balaban J connectivity index is 1.31. The van der Waals surface area contributed by atoms with Gasteiger partial charge in [-0.3, -0.25) is 9.78 Å². The van der Waals surface area contributed by atoms with Gasteiger partial charge in [-0.1, -0.05) is 12.1 Å². The van der Waals surface area contributed by atoms with Crippen LogP contribution in [0.5, 0.6) is 0 Å². The topological polar surface area (TPSA) is 136 Å². The number of hydrogen-bond acceptors (Lipinski definition) is 8. The van der Waals surface area contributed by atoms with E-state index in [-0.39, 0.29) is 40.8 Å². The predicted molar refractivity (Wildman–Crippen MR) is 160 cm³/mol. The molecule has 14 heteroatoms. The highest BCUT2D eigenvalue weighted by molar-refractivity contribution is 7.89. The number of aryl methyl sites for hydroxylation is 1. The van der Waals surface area contributed by atoms with E-state index in [1.807, 2.05) is 12.1 Å². The molecule has 5 rings (SSSR count). The molecule has 0 atom stereocenters. The molecule has 3 aromatic rings. The van der Waals surface area contributed by atoms with E-state index in [0.717, 1.165) is 11.8 Å². The second-order valence-electron chi connectivity index (χ2n) is 10.9. The molecule has 2 fully saturated rings. The second kappa shape index (κ2) is 12.3. The highest BCUT2D eigenvalue weighted by Gasteiger charge is 2.36. The van der Waals surface area contributed by atoms with Gasteiger partial charge in [-0.25, -0.2) is 13.6 Å². The third-order valence-electron chi connectivity index (χ3n) is 8.10. The number of sulfonamides is 1. The van der Waals surface area contributed by atoms with Gasteiger partial charge in [-0.2, -0.15) is 18.4 Å². The molecule has 1 aromatic heterocycles. The standard InChI is InChI=1S/C30H32F3N7O3S/c1-20-16-24(30(31,32)33)25(37-22-7-10-38(11-8-22)26-5-3-2-4-21(26)18-34)17-23(20)29(41)40-14-12-39(13-15-40)27-6-9-36-19-28(27)44(35,42)43/h2-6,9,16-17,19,22,37H,7-8,10-15H2,1H3,(H2,35,42,43). The number of hydrogen-bond donors (Lipinski definition) is 2. The average Bonchev–Trinajstić information content (AvgIpc) is 3.01. The fraction of sp³-hybridized carbons (Fsp3) is 0.367. The zero-order valence-corrected chi connectivity index (χ0v) is 24.8. The van der Waals surface area contributed by atoms with Gasteiger partial charge < -0.3 is 20.0 Å². The predicted octanol–water partition coefficient (Wildman–Crippen LogP) is 3.97. The van der Waals surface area contributed by atoms with Crippen molar-refractivity contribution in [3.05, 3.63) is 77.1 Å². The summed E-state index contributed by atoms with van der Waals surface area (Å²) in [4.78, 5) is 22.7. The lowest BCUT2D eigenvalue weighted by Gasteiger charge is -2.37.